The van der Waals surface area contributed by atoms with E-state index in [0.29, 0.717) is 17.2 Å². The monoisotopic (exact) mass is 395 g/mol. The molecule has 0 aliphatic carbocycles. The van der Waals surface area contributed by atoms with Crippen LogP contribution in [-0.2, 0) is 6.54 Å². The van der Waals surface area contributed by atoms with Crippen LogP contribution in [0.4, 0.5) is 14.5 Å². The molecular formula is C20H15F2N5O2. The largest absolute Gasteiger partial charge is 0.301 e. The highest BCUT2D eigenvalue weighted by atomic mass is 19.1. The van der Waals surface area contributed by atoms with E-state index < -0.39 is 17.5 Å². The normalized spacial score (nSPS) is 11.0. The number of amides is 1. The van der Waals surface area contributed by atoms with E-state index in [0.717, 1.165) is 0 Å². The van der Waals surface area contributed by atoms with Gasteiger partial charge in [-0.1, -0.05) is 0 Å². The number of nitrogens with zero attached hydrogens (tertiary/aromatic N) is 4. The molecule has 29 heavy (non-hydrogen) atoms. The maximum atomic E-state index is 13.4. The zero-order valence-corrected chi connectivity index (χ0v) is 15.3. The Labute approximate surface area is 163 Å². The van der Waals surface area contributed by atoms with Gasteiger partial charge in [-0.15, -0.1) is 0 Å². The van der Waals surface area contributed by atoms with Gasteiger partial charge in [-0.2, -0.15) is 9.50 Å². The van der Waals surface area contributed by atoms with Crippen LogP contribution in [0.1, 0.15) is 21.9 Å². The molecular weight excluding hydrogens is 380 g/mol. The number of fused-ring (bicyclic) bond motifs is 1. The standard InChI is InChI=1S/C20H15F2N5O2/c1-12-10-18(28)27-20(23-12)24-17(25-27)11-26(16-8-6-15(22)7-9-16)19(29)13-2-4-14(21)5-3-13/h2-10H,11H2,1H3,(H,23,24,25). The second-order valence-electron chi connectivity index (χ2n) is 6.42. The third kappa shape index (κ3) is 3.75. The Balaban J connectivity index is 1.75. The molecule has 0 aliphatic heterocycles. The van der Waals surface area contributed by atoms with Gasteiger partial charge in [0.05, 0.1) is 6.54 Å². The van der Waals surface area contributed by atoms with Crippen molar-refractivity contribution in [3.8, 4) is 0 Å². The molecule has 4 aromatic rings. The second-order valence-corrected chi connectivity index (χ2v) is 6.42. The molecule has 2 aromatic heterocycles. The van der Waals surface area contributed by atoms with E-state index >= 15 is 0 Å². The number of aryl methyl sites for hydroxylation is 1. The van der Waals surface area contributed by atoms with E-state index in [1.165, 1.54) is 64.0 Å². The molecule has 0 saturated heterocycles. The van der Waals surface area contributed by atoms with Gasteiger partial charge in [-0.25, -0.2) is 13.8 Å². The Hall–Kier alpha value is -3.88. The molecule has 7 nitrogen and oxygen atoms in total. The number of aromatic amines is 1. The van der Waals surface area contributed by atoms with Gasteiger partial charge >= 0.3 is 0 Å². The summed E-state index contributed by atoms with van der Waals surface area (Å²) in [6.07, 6.45) is 0. The lowest BCUT2D eigenvalue weighted by Crippen LogP contribution is -2.31. The Morgan fingerprint density at radius 3 is 2.31 bits per heavy atom. The number of halogens is 2. The highest BCUT2D eigenvalue weighted by Crippen LogP contribution is 2.20. The number of carbonyl (C=O) groups is 1. The van der Waals surface area contributed by atoms with Crippen LogP contribution in [0.25, 0.3) is 5.78 Å². The maximum Gasteiger partial charge on any atom is 0.274 e. The summed E-state index contributed by atoms with van der Waals surface area (Å²) in [6.45, 7) is 1.64. The fourth-order valence-electron chi connectivity index (χ4n) is 2.91. The highest BCUT2D eigenvalue weighted by molar-refractivity contribution is 6.05. The Bertz CT molecular complexity index is 1250. The first-order chi connectivity index (χ1) is 13.9. The topological polar surface area (TPSA) is 83.4 Å². The first-order valence-corrected chi connectivity index (χ1v) is 8.69. The summed E-state index contributed by atoms with van der Waals surface area (Å²) in [5, 5.41) is 2.82. The zero-order valence-electron chi connectivity index (χ0n) is 15.3. The van der Waals surface area contributed by atoms with E-state index in [4.69, 9.17) is 0 Å². The third-order valence-electron chi connectivity index (χ3n) is 4.29. The van der Waals surface area contributed by atoms with Gasteiger partial charge in [0.25, 0.3) is 17.2 Å². The van der Waals surface area contributed by atoms with Gasteiger partial charge in [0.2, 0.25) is 0 Å². The minimum absolute atomic E-state index is 0.0380. The lowest BCUT2D eigenvalue weighted by Gasteiger charge is -2.22. The Morgan fingerprint density at radius 1 is 1.03 bits per heavy atom. The summed E-state index contributed by atoms with van der Waals surface area (Å²) in [7, 11) is 0. The van der Waals surface area contributed by atoms with Crippen molar-refractivity contribution in [2.75, 3.05) is 4.90 Å². The molecule has 0 atom stereocenters. The fraction of sp³-hybridized carbons (Fsp3) is 0.100. The number of nitrogens with one attached hydrogen (secondary N) is 1. The summed E-state index contributed by atoms with van der Waals surface area (Å²) in [5.41, 5.74) is 0.853. The number of rotatable bonds is 4. The average molecular weight is 395 g/mol. The predicted molar refractivity (Wildman–Crippen MR) is 102 cm³/mol. The molecule has 1 N–H and O–H groups in total. The second kappa shape index (κ2) is 7.27. The molecule has 1 amide bonds. The molecule has 0 spiro atoms. The molecule has 0 aliphatic rings. The van der Waals surface area contributed by atoms with E-state index in [-0.39, 0.29) is 23.4 Å². The minimum atomic E-state index is -0.465. The van der Waals surface area contributed by atoms with Crippen LogP contribution in [0, 0.1) is 18.6 Å². The van der Waals surface area contributed by atoms with Crippen LogP contribution in [0.5, 0.6) is 0 Å². The van der Waals surface area contributed by atoms with E-state index in [1.54, 1.807) is 6.92 Å². The summed E-state index contributed by atoms with van der Waals surface area (Å²) >= 11 is 0. The molecule has 0 saturated carbocycles. The lowest BCUT2D eigenvalue weighted by molar-refractivity contribution is 0.0984. The van der Waals surface area contributed by atoms with E-state index in [1.807, 2.05) is 0 Å². The summed E-state index contributed by atoms with van der Waals surface area (Å²) in [5.74, 6) is -0.863. The molecule has 0 unspecified atom stereocenters. The molecule has 146 valence electrons. The van der Waals surface area contributed by atoms with Gasteiger partial charge in [0.15, 0.2) is 0 Å². The number of H-pyrrole nitrogens is 1. The van der Waals surface area contributed by atoms with Crippen LogP contribution in [0.2, 0.25) is 0 Å². The molecule has 0 radical (unpaired) electrons. The Morgan fingerprint density at radius 2 is 1.66 bits per heavy atom. The van der Waals surface area contributed by atoms with Crippen molar-refractivity contribution in [2.24, 2.45) is 0 Å². The SMILES string of the molecule is Cc1cc(=O)n2[nH]c(CN(C(=O)c3ccc(F)cc3)c3ccc(F)cc3)nc2n1. The quantitative estimate of drug-likeness (QED) is 0.576. The van der Waals surface area contributed by atoms with E-state index in [9.17, 15) is 18.4 Å². The highest BCUT2D eigenvalue weighted by Gasteiger charge is 2.20. The molecule has 9 heteroatoms. The van der Waals surface area contributed by atoms with Crippen molar-refractivity contribution in [1.29, 1.82) is 0 Å². The van der Waals surface area contributed by atoms with Crippen LogP contribution in [0.3, 0.4) is 0 Å². The number of carbonyl (C=O) groups excluding carboxylic acids is 1. The van der Waals surface area contributed by atoms with Gasteiger partial charge in [-0.3, -0.25) is 14.7 Å². The first kappa shape index (κ1) is 18.5. The zero-order chi connectivity index (χ0) is 20.5. The van der Waals surface area contributed by atoms with Crippen LogP contribution in [-0.4, -0.2) is 25.5 Å². The smallest absolute Gasteiger partial charge is 0.274 e. The van der Waals surface area contributed by atoms with Gasteiger partial charge in [0.1, 0.15) is 17.5 Å². The molecule has 0 bridgehead atoms. The summed E-state index contributed by atoms with van der Waals surface area (Å²) in [4.78, 5) is 35.0. The van der Waals surface area contributed by atoms with Gasteiger partial charge in [-0.05, 0) is 55.5 Å². The number of benzene rings is 2. The number of hydrogen-bond donors (Lipinski definition) is 1. The first-order valence-electron chi connectivity index (χ1n) is 8.69. The predicted octanol–water partition coefficient (Wildman–Crippen LogP) is 2.85. The van der Waals surface area contributed by atoms with Crippen molar-refractivity contribution in [1.82, 2.24) is 19.6 Å². The summed E-state index contributed by atoms with van der Waals surface area (Å²) in [6, 6.07) is 11.8. The molecule has 0 fully saturated rings. The van der Waals surface area contributed by atoms with Crippen molar-refractivity contribution in [3.05, 3.63) is 93.7 Å². The van der Waals surface area contributed by atoms with Gasteiger partial charge in [0, 0.05) is 23.0 Å². The van der Waals surface area contributed by atoms with Crippen LogP contribution < -0.4 is 10.5 Å². The number of aromatic nitrogens is 4. The van der Waals surface area contributed by atoms with Crippen molar-refractivity contribution < 1.29 is 13.6 Å². The number of hydrogen-bond acceptors (Lipinski definition) is 4. The lowest BCUT2D eigenvalue weighted by atomic mass is 10.1. The molecule has 2 heterocycles. The van der Waals surface area contributed by atoms with Crippen LogP contribution in [0.15, 0.2) is 59.4 Å². The van der Waals surface area contributed by atoms with Crippen molar-refractivity contribution in [3.63, 3.8) is 0 Å². The van der Waals surface area contributed by atoms with Crippen LogP contribution >= 0.6 is 0 Å². The summed E-state index contributed by atoms with van der Waals surface area (Å²) < 4.78 is 27.8. The fourth-order valence-corrected chi connectivity index (χ4v) is 2.91. The molecule has 2 aromatic carbocycles. The molecule has 4 rings (SSSR count). The van der Waals surface area contributed by atoms with E-state index in [2.05, 4.69) is 15.1 Å². The minimum Gasteiger partial charge on any atom is -0.301 e. The third-order valence-corrected chi connectivity index (χ3v) is 4.29. The average Bonchev–Trinajstić information content (AvgIpc) is 3.10. The van der Waals surface area contributed by atoms with Crippen molar-refractivity contribution >= 4 is 17.4 Å². The Kier molecular flexibility index (Phi) is 4.63. The van der Waals surface area contributed by atoms with Crippen molar-refractivity contribution in [2.45, 2.75) is 13.5 Å². The maximum absolute atomic E-state index is 13.4. The van der Waals surface area contributed by atoms with Gasteiger partial charge < -0.3 is 4.90 Å². The number of anilines is 1.